The molecule has 1 fully saturated rings. The molecule has 0 bridgehead atoms. The number of nitrogens with zero attached hydrogens (tertiary/aromatic N) is 3. The molecule has 0 aliphatic heterocycles. The van der Waals surface area contributed by atoms with Crippen molar-refractivity contribution in [3.63, 3.8) is 0 Å². The van der Waals surface area contributed by atoms with Crippen molar-refractivity contribution in [2.75, 3.05) is 5.32 Å². The molecule has 4 nitrogen and oxygen atoms in total. The zero-order chi connectivity index (χ0) is 11.5. The Bertz CT molecular complexity index is 478. The predicted octanol–water partition coefficient (Wildman–Crippen LogP) is 2.81. The second-order valence-electron chi connectivity index (χ2n) is 4.23. The lowest BCUT2D eigenvalue weighted by atomic mass is 9.86. The van der Waals surface area contributed by atoms with Gasteiger partial charge in [-0.1, -0.05) is 6.42 Å². The highest BCUT2D eigenvalue weighted by Crippen LogP contribution is 2.37. The molecule has 17 heavy (non-hydrogen) atoms. The summed E-state index contributed by atoms with van der Waals surface area (Å²) >= 11 is 1.78. The highest BCUT2D eigenvalue weighted by Gasteiger charge is 2.22. The normalized spacial score (nSPS) is 15.5. The first-order valence-corrected chi connectivity index (χ1v) is 6.75. The van der Waals surface area contributed by atoms with E-state index in [4.69, 9.17) is 0 Å². The zero-order valence-corrected chi connectivity index (χ0v) is 10.3. The fourth-order valence-electron chi connectivity index (χ4n) is 1.81. The lowest BCUT2D eigenvalue weighted by Crippen LogP contribution is -2.09. The van der Waals surface area contributed by atoms with Crippen molar-refractivity contribution < 1.29 is 0 Å². The van der Waals surface area contributed by atoms with Gasteiger partial charge in [0, 0.05) is 23.7 Å². The van der Waals surface area contributed by atoms with Crippen LogP contribution >= 0.6 is 11.3 Å². The Labute approximate surface area is 104 Å². The summed E-state index contributed by atoms with van der Waals surface area (Å²) in [6, 6.07) is 1.81. The van der Waals surface area contributed by atoms with E-state index in [0.29, 0.717) is 12.5 Å². The van der Waals surface area contributed by atoms with Gasteiger partial charge in [-0.25, -0.2) is 15.0 Å². The number of nitrogens with one attached hydrogen (secondary N) is 1. The Morgan fingerprint density at radius 2 is 2.12 bits per heavy atom. The van der Waals surface area contributed by atoms with Crippen LogP contribution in [0.25, 0.3) is 0 Å². The van der Waals surface area contributed by atoms with Crippen LogP contribution in [0.5, 0.6) is 0 Å². The third-order valence-corrected chi connectivity index (χ3v) is 4.07. The van der Waals surface area contributed by atoms with Crippen LogP contribution in [-0.2, 0) is 6.54 Å². The summed E-state index contributed by atoms with van der Waals surface area (Å²) in [6.07, 6.45) is 7.44. The minimum absolute atomic E-state index is 0.658. The fourth-order valence-corrected chi connectivity index (χ4v) is 2.80. The van der Waals surface area contributed by atoms with Crippen LogP contribution in [0.4, 0.5) is 5.95 Å². The molecule has 0 saturated heterocycles. The Balaban J connectivity index is 1.60. The second kappa shape index (κ2) is 4.79. The largest absolute Gasteiger partial charge is 0.349 e. The molecule has 1 N–H and O–H groups in total. The highest BCUT2D eigenvalue weighted by atomic mass is 32.1. The van der Waals surface area contributed by atoms with Crippen molar-refractivity contribution in [2.24, 2.45) is 0 Å². The fraction of sp³-hybridized carbons (Fsp3) is 0.417. The lowest BCUT2D eigenvalue weighted by Gasteiger charge is -2.22. The van der Waals surface area contributed by atoms with Gasteiger partial charge in [0.25, 0.3) is 0 Å². The van der Waals surface area contributed by atoms with Crippen LogP contribution in [0, 0.1) is 0 Å². The monoisotopic (exact) mass is 246 g/mol. The summed E-state index contributed by atoms with van der Waals surface area (Å²) in [5.41, 5.74) is 1.09. The molecule has 0 amide bonds. The number of hydrogen-bond donors (Lipinski definition) is 1. The van der Waals surface area contributed by atoms with Crippen LogP contribution in [0.1, 0.15) is 35.9 Å². The quantitative estimate of drug-likeness (QED) is 0.901. The van der Waals surface area contributed by atoms with E-state index in [1.54, 1.807) is 23.7 Å². The van der Waals surface area contributed by atoms with Crippen LogP contribution in [0.15, 0.2) is 23.8 Å². The van der Waals surface area contributed by atoms with Gasteiger partial charge in [-0.2, -0.15) is 0 Å². The van der Waals surface area contributed by atoms with E-state index in [-0.39, 0.29) is 0 Å². The molecule has 5 heteroatoms. The molecule has 0 atom stereocenters. The molecule has 1 saturated carbocycles. The molecule has 0 spiro atoms. The maximum atomic E-state index is 4.65. The first-order valence-electron chi connectivity index (χ1n) is 5.87. The van der Waals surface area contributed by atoms with Crippen molar-refractivity contribution in [3.8, 4) is 0 Å². The molecule has 0 aromatic carbocycles. The van der Waals surface area contributed by atoms with E-state index in [9.17, 15) is 0 Å². The molecule has 2 aromatic heterocycles. The SMILES string of the molecule is c1cnc(NCc2csc(C3CCC3)n2)nc1. The first-order chi connectivity index (χ1) is 8.42. The van der Waals surface area contributed by atoms with Gasteiger partial charge >= 0.3 is 0 Å². The third kappa shape index (κ3) is 2.44. The average Bonchev–Trinajstić information content (AvgIpc) is 2.74. The van der Waals surface area contributed by atoms with E-state index >= 15 is 0 Å². The van der Waals surface area contributed by atoms with E-state index in [0.717, 1.165) is 11.6 Å². The third-order valence-electron chi connectivity index (χ3n) is 3.02. The molecule has 2 aromatic rings. The number of rotatable bonds is 4. The standard InChI is InChI=1S/C12H14N4S/c1-3-9(4-1)11-16-10(8-17-11)7-15-12-13-5-2-6-14-12/h2,5-6,8-9H,1,3-4,7H2,(H,13,14,15). The summed E-state index contributed by atoms with van der Waals surface area (Å²) in [4.78, 5) is 12.9. The van der Waals surface area contributed by atoms with Gasteiger partial charge in [-0.3, -0.25) is 0 Å². The van der Waals surface area contributed by atoms with Crippen LogP contribution in [0.3, 0.4) is 0 Å². The van der Waals surface area contributed by atoms with Crippen LogP contribution < -0.4 is 5.32 Å². The summed E-state index contributed by atoms with van der Waals surface area (Å²) in [5, 5.41) is 6.59. The Hall–Kier alpha value is -1.49. The van der Waals surface area contributed by atoms with E-state index in [1.165, 1.54) is 24.3 Å². The topological polar surface area (TPSA) is 50.7 Å². The minimum atomic E-state index is 0.658. The lowest BCUT2D eigenvalue weighted by molar-refractivity contribution is 0.418. The summed E-state index contributed by atoms with van der Waals surface area (Å²) < 4.78 is 0. The second-order valence-corrected chi connectivity index (χ2v) is 5.12. The van der Waals surface area contributed by atoms with E-state index in [1.807, 2.05) is 6.07 Å². The van der Waals surface area contributed by atoms with Gasteiger partial charge in [0.15, 0.2) is 0 Å². The molecule has 1 aliphatic rings. The van der Waals surface area contributed by atoms with Gasteiger partial charge in [0.1, 0.15) is 0 Å². The molecule has 1 aliphatic carbocycles. The Morgan fingerprint density at radius 1 is 1.29 bits per heavy atom. The van der Waals surface area contributed by atoms with Crippen molar-refractivity contribution in [1.82, 2.24) is 15.0 Å². The summed E-state index contributed by atoms with van der Waals surface area (Å²) in [7, 11) is 0. The molecular formula is C12H14N4S. The van der Waals surface area contributed by atoms with Gasteiger partial charge in [0.05, 0.1) is 17.2 Å². The number of anilines is 1. The van der Waals surface area contributed by atoms with Gasteiger partial charge < -0.3 is 5.32 Å². The Kier molecular flexibility index (Phi) is 3.00. The molecule has 3 rings (SSSR count). The summed E-state index contributed by atoms with van der Waals surface area (Å²) in [6.45, 7) is 0.702. The number of aromatic nitrogens is 3. The molecule has 88 valence electrons. The van der Waals surface area contributed by atoms with Gasteiger partial charge in [0.2, 0.25) is 5.95 Å². The van der Waals surface area contributed by atoms with Crippen LogP contribution in [-0.4, -0.2) is 15.0 Å². The molecular weight excluding hydrogens is 232 g/mol. The van der Waals surface area contributed by atoms with Crippen molar-refractivity contribution >= 4 is 17.3 Å². The summed E-state index contributed by atoms with van der Waals surface area (Å²) in [5.74, 6) is 1.38. The van der Waals surface area contributed by atoms with Crippen molar-refractivity contribution in [2.45, 2.75) is 31.7 Å². The van der Waals surface area contributed by atoms with Gasteiger partial charge in [-0.15, -0.1) is 11.3 Å². The predicted molar refractivity (Wildman–Crippen MR) is 68.1 cm³/mol. The van der Waals surface area contributed by atoms with Crippen LogP contribution in [0.2, 0.25) is 0 Å². The van der Waals surface area contributed by atoms with Crippen molar-refractivity contribution in [3.05, 3.63) is 34.5 Å². The Morgan fingerprint density at radius 3 is 2.82 bits per heavy atom. The molecule has 0 unspecified atom stereocenters. The average molecular weight is 246 g/mol. The van der Waals surface area contributed by atoms with Gasteiger partial charge in [-0.05, 0) is 18.9 Å². The smallest absolute Gasteiger partial charge is 0.222 e. The highest BCUT2D eigenvalue weighted by molar-refractivity contribution is 7.09. The van der Waals surface area contributed by atoms with E-state index in [2.05, 4.69) is 25.6 Å². The maximum Gasteiger partial charge on any atom is 0.222 e. The number of thiazole rings is 1. The maximum absolute atomic E-state index is 4.65. The van der Waals surface area contributed by atoms with Crippen molar-refractivity contribution in [1.29, 1.82) is 0 Å². The zero-order valence-electron chi connectivity index (χ0n) is 9.47. The minimum Gasteiger partial charge on any atom is -0.349 e. The molecule has 0 radical (unpaired) electrons. The van der Waals surface area contributed by atoms with E-state index < -0.39 is 0 Å². The first kappa shape index (κ1) is 10.7. The number of hydrogen-bond acceptors (Lipinski definition) is 5. The molecule has 2 heterocycles.